The fourth-order valence-corrected chi connectivity index (χ4v) is 4.77. The van der Waals surface area contributed by atoms with E-state index in [1.54, 1.807) is 12.1 Å². The number of halogens is 1. The van der Waals surface area contributed by atoms with Gasteiger partial charge in [-0.25, -0.2) is 4.39 Å². The smallest absolute Gasteiger partial charge is 0.241 e. The predicted molar refractivity (Wildman–Crippen MR) is 127 cm³/mol. The molecule has 0 aliphatic carbocycles. The van der Waals surface area contributed by atoms with Gasteiger partial charge in [-0.05, 0) is 74.2 Å². The van der Waals surface area contributed by atoms with Gasteiger partial charge in [-0.1, -0.05) is 17.3 Å². The Morgan fingerprint density at radius 3 is 2.56 bits per heavy atom. The molecule has 3 heterocycles. The van der Waals surface area contributed by atoms with E-state index in [0.29, 0.717) is 36.9 Å². The lowest BCUT2D eigenvalue weighted by Crippen LogP contribution is -2.42. The molecule has 1 unspecified atom stereocenters. The molecule has 0 spiro atoms. The Balaban J connectivity index is 1.11. The number of aromatic nitrogens is 2. The molecule has 1 amide bonds. The average molecular weight is 464 g/mol. The number of benzene rings is 2. The minimum absolute atomic E-state index is 0.0582. The molecule has 1 aromatic heterocycles. The highest BCUT2D eigenvalue weighted by molar-refractivity contribution is 5.79. The van der Waals surface area contributed by atoms with Crippen LogP contribution in [-0.4, -0.2) is 47.1 Å². The summed E-state index contributed by atoms with van der Waals surface area (Å²) >= 11 is 0. The van der Waals surface area contributed by atoms with Gasteiger partial charge in [-0.2, -0.15) is 4.98 Å². The molecule has 1 atom stereocenters. The number of nitrogens with zero attached hydrogens (tertiary/aromatic N) is 4. The van der Waals surface area contributed by atoms with Crippen LogP contribution in [0.15, 0.2) is 53.1 Å². The summed E-state index contributed by atoms with van der Waals surface area (Å²) < 4.78 is 18.5. The lowest BCUT2D eigenvalue weighted by atomic mass is 9.97. The molecule has 2 aliphatic rings. The van der Waals surface area contributed by atoms with Gasteiger partial charge in [-0.15, -0.1) is 0 Å². The van der Waals surface area contributed by atoms with Gasteiger partial charge < -0.3 is 14.7 Å². The molecule has 0 bridgehead atoms. The molecule has 3 aromatic rings. The summed E-state index contributed by atoms with van der Waals surface area (Å²) in [6, 6.07) is 14.5. The van der Waals surface area contributed by atoms with Crippen LogP contribution in [0.1, 0.15) is 37.1 Å². The van der Waals surface area contributed by atoms with Crippen LogP contribution < -0.4 is 10.2 Å². The molecular formula is C26H30FN5O2. The maximum atomic E-state index is 13.1. The Morgan fingerprint density at radius 1 is 1.03 bits per heavy atom. The topological polar surface area (TPSA) is 74.5 Å². The van der Waals surface area contributed by atoms with Gasteiger partial charge >= 0.3 is 0 Å². The molecule has 2 fully saturated rings. The van der Waals surface area contributed by atoms with Gasteiger partial charge in [-0.3, -0.25) is 9.69 Å². The molecule has 8 heteroatoms. The van der Waals surface area contributed by atoms with Crippen LogP contribution in [0.25, 0.3) is 11.4 Å². The van der Waals surface area contributed by atoms with Crippen molar-refractivity contribution in [1.82, 2.24) is 20.4 Å². The lowest BCUT2D eigenvalue weighted by molar-refractivity contribution is -0.127. The van der Waals surface area contributed by atoms with E-state index in [1.165, 1.54) is 30.7 Å². The normalized spacial score (nSPS) is 18.9. The summed E-state index contributed by atoms with van der Waals surface area (Å²) in [7, 11) is 0. The van der Waals surface area contributed by atoms with Crippen molar-refractivity contribution < 1.29 is 13.7 Å². The minimum atomic E-state index is -0.302. The largest absolute Gasteiger partial charge is 0.372 e. The lowest BCUT2D eigenvalue weighted by Gasteiger charge is -2.30. The SMILES string of the molecule is O=C(NCc1ccc(N2CCCC2)cc1)C1CCCN(Cc2nc(-c3ccc(F)cc3)no2)C1. The number of likely N-dealkylation sites (tertiary alicyclic amines) is 1. The second-order valence-electron chi connectivity index (χ2n) is 9.17. The summed E-state index contributed by atoms with van der Waals surface area (Å²) in [5.74, 6) is 0.669. The van der Waals surface area contributed by atoms with Crippen molar-refractivity contribution in [2.75, 3.05) is 31.1 Å². The number of anilines is 1. The van der Waals surface area contributed by atoms with Crippen molar-refractivity contribution in [3.8, 4) is 11.4 Å². The number of carbonyl (C=O) groups is 1. The second kappa shape index (κ2) is 10.3. The third-order valence-corrected chi connectivity index (χ3v) is 6.68. The van der Waals surface area contributed by atoms with Crippen LogP contribution in [-0.2, 0) is 17.9 Å². The number of hydrogen-bond donors (Lipinski definition) is 1. The molecular weight excluding hydrogens is 433 g/mol. The van der Waals surface area contributed by atoms with Crippen molar-refractivity contribution in [2.24, 2.45) is 5.92 Å². The van der Waals surface area contributed by atoms with E-state index >= 15 is 0 Å². The third-order valence-electron chi connectivity index (χ3n) is 6.68. The Bertz CT molecular complexity index is 1090. The predicted octanol–water partition coefficient (Wildman–Crippen LogP) is 4.00. The first-order chi connectivity index (χ1) is 16.6. The first-order valence-corrected chi connectivity index (χ1v) is 12.1. The van der Waals surface area contributed by atoms with E-state index in [1.807, 2.05) is 0 Å². The first kappa shape index (κ1) is 22.5. The van der Waals surface area contributed by atoms with Crippen molar-refractivity contribution >= 4 is 11.6 Å². The minimum Gasteiger partial charge on any atom is -0.372 e. The highest BCUT2D eigenvalue weighted by Gasteiger charge is 2.27. The molecule has 34 heavy (non-hydrogen) atoms. The number of carbonyl (C=O) groups excluding carboxylic acids is 1. The number of piperidine rings is 1. The molecule has 2 aromatic carbocycles. The van der Waals surface area contributed by atoms with Gasteiger partial charge in [0.1, 0.15) is 5.82 Å². The van der Waals surface area contributed by atoms with Crippen LogP contribution in [0.2, 0.25) is 0 Å². The van der Waals surface area contributed by atoms with Gasteiger partial charge in [0.2, 0.25) is 17.6 Å². The molecule has 0 radical (unpaired) electrons. The van der Waals surface area contributed by atoms with Gasteiger partial charge in [0.05, 0.1) is 12.5 Å². The number of rotatable bonds is 7. The zero-order valence-electron chi connectivity index (χ0n) is 19.3. The van der Waals surface area contributed by atoms with Crippen LogP contribution >= 0.6 is 0 Å². The van der Waals surface area contributed by atoms with Gasteiger partial charge in [0.15, 0.2) is 0 Å². The zero-order chi connectivity index (χ0) is 23.3. The highest BCUT2D eigenvalue weighted by atomic mass is 19.1. The molecule has 2 aliphatic heterocycles. The van der Waals surface area contributed by atoms with E-state index in [4.69, 9.17) is 4.52 Å². The van der Waals surface area contributed by atoms with Gasteiger partial charge in [0, 0.05) is 37.4 Å². The van der Waals surface area contributed by atoms with Crippen LogP contribution in [0, 0.1) is 11.7 Å². The first-order valence-electron chi connectivity index (χ1n) is 12.1. The van der Waals surface area contributed by atoms with Crippen LogP contribution in [0.3, 0.4) is 0 Å². The van der Waals surface area contributed by atoms with Crippen LogP contribution in [0.4, 0.5) is 10.1 Å². The molecule has 5 rings (SSSR count). The van der Waals surface area contributed by atoms with E-state index in [9.17, 15) is 9.18 Å². The second-order valence-corrected chi connectivity index (χ2v) is 9.17. The standard InChI is InChI=1S/C26H30FN5O2/c27-22-9-7-20(8-10-22)25-29-24(34-30-25)18-31-13-3-4-21(17-31)26(33)28-16-19-5-11-23(12-6-19)32-14-1-2-15-32/h5-12,21H,1-4,13-18H2,(H,28,33). The third kappa shape index (κ3) is 5.44. The number of amides is 1. The molecule has 178 valence electrons. The highest BCUT2D eigenvalue weighted by Crippen LogP contribution is 2.22. The monoisotopic (exact) mass is 463 g/mol. The summed E-state index contributed by atoms with van der Waals surface area (Å²) in [6.07, 6.45) is 4.35. The Hall–Kier alpha value is -3.26. The maximum Gasteiger partial charge on any atom is 0.241 e. The Labute approximate surface area is 198 Å². The molecule has 2 saturated heterocycles. The van der Waals surface area contributed by atoms with E-state index < -0.39 is 0 Å². The summed E-state index contributed by atoms with van der Waals surface area (Å²) in [6.45, 7) is 4.84. The molecule has 1 N–H and O–H groups in total. The maximum absolute atomic E-state index is 13.1. The number of hydrogen-bond acceptors (Lipinski definition) is 6. The fraction of sp³-hybridized carbons (Fsp3) is 0.423. The summed E-state index contributed by atoms with van der Waals surface area (Å²) in [4.78, 5) is 21.9. The Kier molecular flexibility index (Phi) is 6.85. The van der Waals surface area contributed by atoms with E-state index in [0.717, 1.165) is 38.0 Å². The summed E-state index contributed by atoms with van der Waals surface area (Å²) in [5, 5.41) is 7.12. The number of nitrogens with one attached hydrogen (secondary N) is 1. The molecule has 0 saturated carbocycles. The Morgan fingerprint density at radius 2 is 1.79 bits per heavy atom. The summed E-state index contributed by atoms with van der Waals surface area (Å²) in [5.41, 5.74) is 3.09. The van der Waals surface area contributed by atoms with Gasteiger partial charge in [0.25, 0.3) is 0 Å². The van der Waals surface area contributed by atoms with Crippen molar-refractivity contribution in [3.63, 3.8) is 0 Å². The zero-order valence-corrected chi connectivity index (χ0v) is 19.3. The quantitative estimate of drug-likeness (QED) is 0.571. The fourth-order valence-electron chi connectivity index (χ4n) is 4.77. The van der Waals surface area contributed by atoms with Crippen LogP contribution in [0.5, 0.6) is 0 Å². The van der Waals surface area contributed by atoms with Crippen molar-refractivity contribution in [2.45, 2.75) is 38.8 Å². The van der Waals surface area contributed by atoms with Crippen molar-refractivity contribution in [1.29, 1.82) is 0 Å². The van der Waals surface area contributed by atoms with E-state index in [-0.39, 0.29) is 17.6 Å². The molecule has 7 nitrogen and oxygen atoms in total. The van der Waals surface area contributed by atoms with E-state index in [2.05, 4.69) is 49.5 Å². The average Bonchev–Trinajstić information content (AvgIpc) is 3.56. The van der Waals surface area contributed by atoms with Crippen molar-refractivity contribution in [3.05, 3.63) is 65.8 Å².